The van der Waals surface area contributed by atoms with Gasteiger partial charge < -0.3 is 10.6 Å². The number of nitrogens with zero attached hydrogens (tertiary/aromatic N) is 1. The molecule has 17 heavy (non-hydrogen) atoms. The Bertz CT molecular complexity index is 291. The summed E-state index contributed by atoms with van der Waals surface area (Å²) >= 11 is 5.45. The van der Waals surface area contributed by atoms with Crippen molar-refractivity contribution in [2.24, 2.45) is 5.73 Å². The molecule has 0 saturated carbocycles. The Morgan fingerprint density at radius 2 is 2.41 bits per heavy atom. The van der Waals surface area contributed by atoms with E-state index < -0.39 is 17.2 Å². The summed E-state index contributed by atoms with van der Waals surface area (Å²) in [4.78, 5) is 13.7. The molecular weight excluding hydrogens is 262 g/mol. The molecule has 1 aliphatic heterocycles. The maximum atomic E-state index is 11.9. The molecule has 7 heteroatoms. The van der Waals surface area contributed by atoms with Gasteiger partial charge in [-0.3, -0.25) is 4.79 Å². The molecule has 0 aromatic rings. The molecule has 3 atom stereocenters. The van der Waals surface area contributed by atoms with E-state index in [0.717, 1.165) is 25.8 Å². The average molecular weight is 282 g/mol. The first kappa shape index (κ1) is 14.9. The summed E-state index contributed by atoms with van der Waals surface area (Å²) in [7, 11) is -1.33. The van der Waals surface area contributed by atoms with E-state index in [0.29, 0.717) is 6.42 Å². The summed E-state index contributed by atoms with van der Waals surface area (Å²) in [6, 6.07) is -0.0683. The zero-order valence-corrected chi connectivity index (χ0v) is 11.6. The molecule has 0 aromatic heterocycles. The van der Waals surface area contributed by atoms with Crippen LogP contribution in [0.25, 0.3) is 0 Å². The van der Waals surface area contributed by atoms with Gasteiger partial charge in [0.05, 0.1) is 12.2 Å². The lowest BCUT2D eigenvalue weighted by molar-refractivity contribution is -0.132. The van der Waals surface area contributed by atoms with Gasteiger partial charge in [0.2, 0.25) is 5.91 Å². The van der Waals surface area contributed by atoms with Gasteiger partial charge in [-0.15, -0.1) is 11.6 Å². The van der Waals surface area contributed by atoms with E-state index in [-0.39, 0.29) is 17.2 Å². The number of carbonyl (C=O) groups excluding carboxylic acids is 1. The highest BCUT2D eigenvalue weighted by molar-refractivity contribution is 7.84. The largest absolute Gasteiger partial charge is 0.337 e. The molecular formula is C10H20ClN3O2S. The topological polar surface area (TPSA) is 75.4 Å². The Labute approximate surface area is 110 Å². The molecule has 3 unspecified atom stereocenters. The molecule has 1 saturated heterocycles. The Morgan fingerprint density at radius 3 is 3.00 bits per heavy atom. The van der Waals surface area contributed by atoms with Crippen LogP contribution in [0.2, 0.25) is 0 Å². The maximum Gasteiger partial charge on any atom is 0.222 e. The number of halogens is 1. The summed E-state index contributed by atoms with van der Waals surface area (Å²) in [6.07, 6.45) is 2.70. The molecule has 100 valence electrons. The van der Waals surface area contributed by atoms with Gasteiger partial charge in [-0.05, 0) is 19.3 Å². The van der Waals surface area contributed by atoms with Gasteiger partial charge in [-0.1, -0.05) is 6.92 Å². The third-order valence-electron chi connectivity index (χ3n) is 2.86. The summed E-state index contributed by atoms with van der Waals surface area (Å²) in [6.45, 7) is 2.72. The number of amides is 1. The van der Waals surface area contributed by atoms with Gasteiger partial charge in [0.15, 0.2) is 0 Å². The lowest BCUT2D eigenvalue weighted by atomic mass is 10.1. The first-order valence-corrected chi connectivity index (χ1v) is 7.71. The van der Waals surface area contributed by atoms with Crippen LogP contribution in [0.5, 0.6) is 0 Å². The number of carbonyl (C=O) groups is 1. The standard InChI is InChI=1S/C10H20ClN3O2S/c1-2-4-9(15)14-6-3-5-8(14)10(12)13-17(16)7-11/h8,10,13H,2-7,12H2,1H3. The van der Waals surface area contributed by atoms with Crippen molar-refractivity contribution >= 4 is 28.5 Å². The van der Waals surface area contributed by atoms with Gasteiger partial charge in [0.25, 0.3) is 0 Å². The van der Waals surface area contributed by atoms with Crippen LogP contribution in [0, 0.1) is 0 Å². The Hall–Kier alpha value is -0.170. The highest BCUT2D eigenvalue weighted by Gasteiger charge is 2.32. The fourth-order valence-corrected chi connectivity index (χ4v) is 2.81. The van der Waals surface area contributed by atoms with Crippen molar-refractivity contribution in [2.75, 3.05) is 11.8 Å². The third kappa shape index (κ3) is 4.21. The average Bonchev–Trinajstić information content (AvgIpc) is 2.78. The number of hydrogen-bond acceptors (Lipinski definition) is 3. The van der Waals surface area contributed by atoms with Gasteiger partial charge in [-0.25, -0.2) is 8.93 Å². The molecule has 1 heterocycles. The molecule has 0 bridgehead atoms. The summed E-state index contributed by atoms with van der Waals surface area (Å²) in [5.74, 6) is 0.129. The van der Waals surface area contributed by atoms with Crippen LogP contribution in [-0.4, -0.2) is 39.0 Å². The van der Waals surface area contributed by atoms with Gasteiger partial charge in [0, 0.05) is 13.0 Å². The molecule has 1 fully saturated rings. The van der Waals surface area contributed by atoms with Gasteiger partial charge in [0.1, 0.15) is 16.2 Å². The van der Waals surface area contributed by atoms with E-state index in [9.17, 15) is 9.00 Å². The summed E-state index contributed by atoms with van der Waals surface area (Å²) in [5.41, 5.74) is 5.92. The fourth-order valence-electron chi connectivity index (χ4n) is 2.09. The van der Waals surface area contributed by atoms with E-state index in [1.165, 1.54) is 0 Å². The Morgan fingerprint density at radius 1 is 1.71 bits per heavy atom. The smallest absolute Gasteiger partial charge is 0.222 e. The van der Waals surface area contributed by atoms with Crippen LogP contribution in [0.1, 0.15) is 32.6 Å². The number of alkyl halides is 1. The molecule has 1 aliphatic rings. The Balaban J connectivity index is 2.56. The van der Waals surface area contributed by atoms with Crippen LogP contribution >= 0.6 is 11.6 Å². The maximum absolute atomic E-state index is 11.9. The molecule has 0 aromatic carbocycles. The number of nitrogens with one attached hydrogen (secondary N) is 1. The third-order valence-corrected chi connectivity index (χ3v) is 4.19. The lowest BCUT2D eigenvalue weighted by Crippen LogP contribution is -2.54. The fraction of sp³-hybridized carbons (Fsp3) is 0.900. The van der Waals surface area contributed by atoms with Gasteiger partial charge >= 0.3 is 0 Å². The number of rotatable bonds is 6. The first-order chi connectivity index (χ1) is 8.10. The normalized spacial score (nSPS) is 23.7. The van der Waals surface area contributed by atoms with Gasteiger partial charge in [-0.2, -0.15) is 0 Å². The van der Waals surface area contributed by atoms with Crippen LogP contribution in [0.15, 0.2) is 0 Å². The van der Waals surface area contributed by atoms with Crippen molar-refractivity contribution in [3.8, 4) is 0 Å². The van der Waals surface area contributed by atoms with E-state index in [2.05, 4.69) is 4.72 Å². The molecule has 5 nitrogen and oxygen atoms in total. The van der Waals surface area contributed by atoms with E-state index >= 15 is 0 Å². The molecule has 3 N–H and O–H groups in total. The number of hydrogen-bond donors (Lipinski definition) is 2. The summed E-state index contributed by atoms with van der Waals surface area (Å²) < 4.78 is 14.0. The van der Waals surface area contributed by atoms with Crippen molar-refractivity contribution < 1.29 is 9.00 Å². The molecule has 0 aliphatic carbocycles. The van der Waals surface area contributed by atoms with E-state index in [4.69, 9.17) is 17.3 Å². The number of nitrogens with two attached hydrogens (primary N) is 1. The highest BCUT2D eigenvalue weighted by atomic mass is 35.5. The minimum atomic E-state index is -1.33. The minimum absolute atomic E-state index is 0.00330. The molecule has 0 spiro atoms. The van der Waals surface area contributed by atoms with Crippen molar-refractivity contribution in [3.05, 3.63) is 0 Å². The Kier molecular flexibility index (Phi) is 6.40. The number of likely N-dealkylation sites (tertiary alicyclic amines) is 1. The zero-order chi connectivity index (χ0) is 12.8. The highest BCUT2D eigenvalue weighted by Crippen LogP contribution is 2.20. The molecule has 1 rings (SSSR count). The lowest BCUT2D eigenvalue weighted by Gasteiger charge is -2.29. The van der Waals surface area contributed by atoms with Crippen molar-refractivity contribution in [3.63, 3.8) is 0 Å². The summed E-state index contributed by atoms with van der Waals surface area (Å²) in [5, 5.41) is 0.00330. The minimum Gasteiger partial charge on any atom is -0.337 e. The van der Waals surface area contributed by atoms with Crippen molar-refractivity contribution in [2.45, 2.75) is 44.8 Å². The van der Waals surface area contributed by atoms with Crippen LogP contribution in [0.4, 0.5) is 0 Å². The van der Waals surface area contributed by atoms with Crippen LogP contribution in [0.3, 0.4) is 0 Å². The molecule has 1 amide bonds. The van der Waals surface area contributed by atoms with Crippen molar-refractivity contribution in [1.82, 2.24) is 9.62 Å². The SMILES string of the molecule is CCCC(=O)N1CCCC1C(N)NS(=O)CCl. The second-order valence-corrected chi connectivity index (χ2v) is 5.94. The first-order valence-electron chi connectivity index (χ1n) is 5.85. The predicted octanol–water partition coefficient (Wildman–Crippen LogP) is 0.512. The van der Waals surface area contributed by atoms with Crippen molar-refractivity contribution in [1.29, 1.82) is 0 Å². The van der Waals surface area contributed by atoms with E-state index in [1.54, 1.807) is 4.90 Å². The van der Waals surface area contributed by atoms with E-state index in [1.807, 2.05) is 6.92 Å². The quantitative estimate of drug-likeness (QED) is 0.550. The monoisotopic (exact) mass is 281 g/mol. The zero-order valence-electron chi connectivity index (χ0n) is 10.0. The molecule has 0 radical (unpaired) electrons. The predicted molar refractivity (Wildman–Crippen MR) is 69.6 cm³/mol. The van der Waals surface area contributed by atoms with Crippen LogP contribution in [-0.2, 0) is 15.8 Å². The van der Waals surface area contributed by atoms with Crippen LogP contribution < -0.4 is 10.5 Å². The second-order valence-electron chi connectivity index (χ2n) is 4.14. The second kappa shape index (κ2) is 7.31.